The van der Waals surface area contributed by atoms with E-state index in [4.69, 9.17) is 4.55 Å². The summed E-state index contributed by atoms with van der Waals surface area (Å²) in [5, 5.41) is 2.43. The molecule has 1 unspecified atom stereocenters. The van der Waals surface area contributed by atoms with Crippen LogP contribution < -0.4 is 5.32 Å². The number of hydrogen-bond donors (Lipinski definition) is 2. The quantitative estimate of drug-likeness (QED) is 0.661. The minimum Gasteiger partial charge on any atom is -0.354 e. The molecule has 72 valence electrons. The molecular weight excluding hydrogens is 192 g/mol. The number of amides is 1. The Morgan fingerprint density at radius 3 is 2.69 bits per heavy atom. The van der Waals surface area contributed by atoms with Gasteiger partial charge in [0.15, 0.2) is 11.1 Å². The molecule has 0 aliphatic rings. The van der Waals surface area contributed by atoms with Crippen LogP contribution in [0.15, 0.2) is 17.2 Å². The van der Waals surface area contributed by atoms with Gasteiger partial charge in [-0.2, -0.15) is 0 Å². The maximum atomic E-state index is 11.2. The Hall–Kier alpha value is -1.14. The zero-order valence-electron chi connectivity index (χ0n) is 7.27. The molecule has 1 heterocycles. The highest BCUT2D eigenvalue weighted by Crippen LogP contribution is 2.09. The van der Waals surface area contributed by atoms with Gasteiger partial charge in [-0.15, -0.1) is 0 Å². The molecule has 1 amide bonds. The van der Waals surface area contributed by atoms with E-state index in [1.807, 2.05) is 0 Å². The van der Waals surface area contributed by atoms with Crippen molar-refractivity contribution in [2.24, 2.45) is 7.05 Å². The lowest BCUT2D eigenvalue weighted by molar-refractivity contribution is 0.0955. The van der Waals surface area contributed by atoms with Crippen molar-refractivity contribution in [1.29, 1.82) is 0 Å². The fraction of sp³-hybridized carbons (Fsp3) is 0.286. The van der Waals surface area contributed by atoms with E-state index >= 15 is 0 Å². The summed E-state index contributed by atoms with van der Waals surface area (Å²) >= 11 is -2.04. The number of aryl methyl sites for hydroxylation is 1. The van der Waals surface area contributed by atoms with Gasteiger partial charge in [-0.25, -0.2) is 4.21 Å². The number of carbonyl (C=O) groups excluding carboxylic acids is 1. The maximum Gasteiger partial charge on any atom is 0.267 e. The van der Waals surface area contributed by atoms with Gasteiger partial charge in [0.2, 0.25) is 0 Å². The Kier molecular flexibility index (Phi) is 2.84. The van der Waals surface area contributed by atoms with Crippen LogP contribution in [0.25, 0.3) is 0 Å². The zero-order chi connectivity index (χ0) is 10.0. The average Bonchev–Trinajstić information content (AvgIpc) is 2.46. The van der Waals surface area contributed by atoms with Crippen LogP contribution in [-0.2, 0) is 18.1 Å². The van der Waals surface area contributed by atoms with E-state index in [1.165, 1.54) is 23.9 Å². The molecule has 0 spiro atoms. The van der Waals surface area contributed by atoms with Crippen LogP contribution in [-0.4, -0.2) is 26.3 Å². The van der Waals surface area contributed by atoms with Crippen molar-refractivity contribution in [2.75, 3.05) is 7.05 Å². The van der Waals surface area contributed by atoms with Gasteiger partial charge in [0, 0.05) is 20.3 Å². The van der Waals surface area contributed by atoms with Crippen LogP contribution in [0, 0.1) is 0 Å². The molecule has 5 nitrogen and oxygen atoms in total. The van der Waals surface area contributed by atoms with Gasteiger partial charge in [-0.1, -0.05) is 0 Å². The SMILES string of the molecule is CNC(=O)c1cc(S(=O)O)cn1C. The molecule has 0 radical (unpaired) electrons. The molecule has 0 saturated heterocycles. The van der Waals surface area contributed by atoms with Crippen LogP contribution in [0.1, 0.15) is 10.5 Å². The molecule has 1 rings (SSSR count). The molecule has 0 bridgehead atoms. The summed E-state index contributed by atoms with van der Waals surface area (Å²) in [6, 6.07) is 1.38. The number of carbonyl (C=O) groups is 1. The van der Waals surface area contributed by atoms with Crippen LogP contribution in [0.5, 0.6) is 0 Å². The number of hydrogen-bond acceptors (Lipinski definition) is 2. The monoisotopic (exact) mass is 202 g/mol. The van der Waals surface area contributed by atoms with Gasteiger partial charge in [0.25, 0.3) is 5.91 Å². The van der Waals surface area contributed by atoms with Crippen molar-refractivity contribution < 1.29 is 13.6 Å². The van der Waals surface area contributed by atoms with Gasteiger partial charge in [0.05, 0.1) is 4.90 Å². The van der Waals surface area contributed by atoms with E-state index in [2.05, 4.69) is 5.32 Å². The van der Waals surface area contributed by atoms with E-state index in [-0.39, 0.29) is 10.8 Å². The highest BCUT2D eigenvalue weighted by molar-refractivity contribution is 7.79. The van der Waals surface area contributed by atoms with Gasteiger partial charge in [-0.3, -0.25) is 4.79 Å². The summed E-state index contributed by atoms with van der Waals surface area (Å²) in [5.41, 5.74) is 0.361. The van der Waals surface area contributed by atoms with Crippen molar-refractivity contribution in [3.63, 3.8) is 0 Å². The summed E-state index contributed by atoms with van der Waals surface area (Å²) in [7, 11) is 3.14. The normalized spacial score (nSPS) is 12.5. The molecule has 1 atom stereocenters. The maximum absolute atomic E-state index is 11.2. The lowest BCUT2D eigenvalue weighted by atomic mass is 10.4. The lowest BCUT2D eigenvalue weighted by Gasteiger charge is -1.98. The Balaban J connectivity index is 3.10. The Labute approximate surface area is 78.0 Å². The molecule has 0 saturated carbocycles. The van der Waals surface area contributed by atoms with E-state index in [0.29, 0.717) is 5.69 Å². The number of rotatable bonds is 2. The highest BCUT2D eigenvalue weighted by atomic mass is 32.2. The predicted octanol–water partition coefficient (Wildman–Crippen LogP) is -0.0347. The first kappa shape index (κ1) is 9.94. The molecule has 6 heteroatoms. The molecule has 0 aliphatic carbocycles. The van der Waals surface area contributed by atoms with Gasteiger partial charge in [0.1, 0.15) is 5.69 Å². The van der Waals surface area contributed by atoms with Gasteiger partial charge >= 0.3 is 0 Å². The van der Waals surface area contributed by atoms with Crippen molar-refractivity contribution in [3.05, 3.63) is 18.0 Å². The second-order valence-electron chi connectivity index (χ2n) is 2.50. The van der Waals surface area contributed by atoms with Gasteiger partial charge in [-0.05, 0) is 6.07 Å². The largest absolute Gasteiger partial charge is 0.354 e. The average molecular weight is 202 g/mol. The predicted molar refractivity (Wildman–Crippen MR) is 47.8 cm³/mol. The first-order chi connectivity index (χ1) is 6.06. The minimum atomic E-state index is -2.04. The van der Waals surface area contributed by atoms with Gasteiger partial charge < -0.3 is 14.4 Å². The lowest BCUT2D eigenvalue weighted by Crippen LogP contribution is -2.20. The zero-order valence-corrected chi connectivity index (χ0v) is 8.09. The third kappa shape index (κ3) is 1.96. The summed E-state index contributed by atoms with van der Waals surface area (Å²) < 4.78 is 20.9. The highest BCUT2D eigenvalue weighted by Gasteiger charge is 2.12. The number of aromatic nitrogens is 1. The van der Waals surface area contributed by atoms with Crippen LogP contribution in [0.3, 0.4) is 0 Å². The third-order valence-electron chi connectivity index (χ3n) is 1.64. The van der Waals surface area contributed by atoms with E-state index < -0.39 is 11.1 Å². The number of nitrogens with one attached hydrogen (secondary N) is 1. The molecule has 0 aliphatic heterocycles. The van der Waals surface area contributed by atoms with Crippen LogP contribution in [0.4, 0.5) is 0 Å². The second kappa shape index (κ2) is 3.71. The fourth-order valence-electron chi connectivity index (χ4n) is 0.984. The minimum absolute atomic E-state index is 0.223. The van der Waals surface area contributed by atoms with E-state index in [1.54, 1.807) is 7.05 Å². The fourth-order valence-corrected chi connectivity index (χ4v) is 1.44. The molecule has 13 heavy (non-hydrogen) atoms. The third-order valence-corrected chi connectivity index (χ3v) is 2.27. The molecular formula is C7H10N2O3S. The smallest absolute Gasteiger partial charge is 0.267 e. The summed E-state index contributed by atoms with van der Waals surface area (Å²) in [5.74, 6) is -0.279. The molecule has 2 N–H and O–H groups in total. The molecule has 0 fully saturated rings. The Morgan fingerprint density at radius 1 is 1.69 bits per heavy atom. The topological polar surface area (TPSA) is 71.3 Å². The first-order valence-corrected chi connectivity index (χ1v) is 4.66. The summed E-state index contributed by atoms with van der Waals surface area (Å²) in [6.07, 6.45) is 1.45. The molecule has 0 aromatic carbocycles. The molecule has 1 aromatic heterocycles. The number of nitrogens with zero attached hydrogens (tertiary/aromatic N) is 1. The van der Waals surface area contributed by atoms with Crippen molar-refractivity contribution in [1.82, 2.24) is 9.88 Å². The van der Waals surface area contributed by atoms with E-state index in [9.17, 15) is 9.00 Å². The van der Waals surface area contributed by atoms with Crippen LogP contribution >= 0.6 is 0 Å². The second-order valence-corrected chi connectivity index (χ2v) is 3.47. The van der Waals surface area contributed by atoms with Crippen LogP contribution in [0.2, 0.25) is 0 Å². The summed E-state index contributed by atoms with van der Waals surface area (Å²) in [4.78, 5) is 11.4. The van der Waals surface area contributed by atoms with Crippen molar-refractivity contribution in [3.8, 4) is 0 Å². The van der Waals surface area contributed by atoms with Crippen molar-refractivity contribution in [2.45, 2.75) is 4.90 Å². The van der Waals surface area contributed by atoms with E-state index in [0.717, 1.165) is 0 Å². The first-order valence-electron chi connectivity index (χ1n) is 3.55. The Bertz CT molecular complexity index is 359. The Morgan fingerprint density at radius 2 is 2.31 bits per heavy atom. The van der Waals surface area contributed by atoms with Crippen molar-refractivity contribution >= 4 is 17.0 Å². The summed E-state index contributed by atoms with van der Waals surface area (Å²) in [6.45, 7) is 0. The standard InChI is InChI=1S/C7H10N2O3S/c1-8-7(10)6-3-5(13(11)12)4-9(6)2/h3-4H,1-2H3,(H,8,10)(H,11,12). The molecule has 1 aromatic rings.